The van der Waals surface area contributed by atoms with Gasteiger partial charge in [-0.1, -0.05) is 28.1 Å². The lowest BCUT2D eigenvalue weighted by atomic mass is 10.1. The topological polar surface area (TPSA) is 49.8 Å². The average molecular weight is 321 g/mol. The van der Waals surface area contributed by atoms with Crippen LogP contribution in [0.4, 0.5) is 5.95 Å². The Hall–Kier alpha value is -1.46. The number of hydrogen-bond donors (Lipinski definition) is 2. The third kappa shape index (κ3) is 4.29. The van der Waals surface area contributed by atoms with Crippen LogP contribution in [0.1, 0.15) is 6.42 Å². The van der Waals surface area contributed by atoms with Gasteiger partial charge < -0.3 is 10.6 Å². The molecule has 0 bridgehead atoms. The molecule has 0 fully saturated rings. The monoisotopic (exact) mass is 320 g/mol. The van der Waals surface area contributed by atoms with Gasteiger partial charge in [0.25, 0.3) is 0 Å². The number of nitrogens with zero attached hydrogens (tertiary/aromatic N) is 2. The van der Waals surface area contributed by atoms with E-state index < -0.39 is 0 Å². The smallest absolute Gasteiger partial charge is 0.222 e. The molecule has 4 nitrogen and oxygen atoms in total. The second-order valence-electron chi connectivity index (χ2n) is 4.19. The highest BCUT2D eigenvalue weighted by Gasteiger charge is 2.00. The number of benzene rings is 1. The molecule has 2 aromatic rings. The highest BCUT2D eigenvalue weighted by atomic mass is 79.9. The lowest BCUT2D eigenvalue weighted by Gasteiger charge is -2.06. The molecule has 2 N–H and O–H groups in total. The fourth-order valence-corrected chi connectivity index (χ4v) is 2.10. The molecule has 0 aliphatic rings. The number of rotatable bonds is 6. The van der Waals surface area contributed by atoms with E-state index in [1.54, 1.807) is 0 Å². The van der Waals surface area contributed by atoms with Gasteiger partial charge in [-0.05, 0) is 37.7 Å². The van der Waals surface area contributed by atoms with Crippen LogP contribution in [-0.4, -0.2) is 30.1 Å². The lowest BCUT2D eigenvalue weighted by molar-refractivity contribution is 0.745. The van der Waals surface area contributed by atoms with Gasteiger partial charge in [0.2, 0.25) is 5.95 Å². The molecule has 0 amide bonds. The summed E-state index contributed by atoms with van der Waals surface area (Å²) in [6, 6.07) is 8.10. The first-order valence-corrected chi connectivity index (χ1v) is 7.05. The summed E-state index contributed by atoms with van der Waals surface area (Å²) < 4.78 is 1.05. The Kier molecular flexibility index (Phi) is 5.30. The molecule has 1 aromatic heterocycles. The minimum absolute atomic E-state index is 0.676. The molecule has 0 saturated heterocycles. The molecule has 2 rings (SSSR count). The molecule has 1 aromatic carbocycles. The SMILES string of the molecule is CNCCCNc1ncc(-c2cccc(Br)c2)cn1. The summed E-state index contributed by atoms with van der Waals surface area (Å²) in [4.78, 5) is 8.65. The summed E-state index contributed by atoms with van der Waals surface area (Å²) in [5.41, 5.74) is 2.12. The molecule has 0 unspecified atom stereocenters. The predicted octanol–water partition coefficient (Wildman–Crippen LogP) is 2.93. The second-order valence-corrected chi connectivity index (χ2v) is 5.11. The van der Waals surface area contributed by atoms with Crippen molar-refractivity contribution in [3.05, 3.63) is 41.1 Å². The maximum atomic E-state index is 4.32. The predicted molar refractivity (Wildman–Crippen MR) is 82.2 cm³/mol. The lowest BCUT2D eigenvalue weighted by Crippen LogP contribution is -2.13. The Bertz CT molecular complexity index is 513. The molecule has 0 aliphatic heterocycles. The third-order valence-electron chi connectivity index (χ3n) is 2.70. The molecule has 1 heterocycles. The molecule has 0 radical (unpaired) electrons. The van der Waals surface area contributed by atoms with Crippen molar-refractivity contribution < 1.29 is 0 Å². The van der Waals surface area contributed by atoms with Crippen molar-refractivity contribution in [2.45, 2.75) is 6.42 Å². The Morgan fingerprint density at radius 3 is 2.58 bits per heavy atom. The average Bonchev–Trinajstić information content (AvgIpc) is 2.44. The van der Waals surface area contributed by atoms with Crippen LogP contribution in [0.5, 0.6) is 0 Å². The molecule has 0 atom stereocenters. The standard InChI is InChI=1S/C14H17BrN4/c1-16-6-3-7-17-14-18-9-12(10-19-14)11-4-2-5-13(15)8-11/h2,4-5,8-10,16H,3,6-7H2,1H3,(H,17,18,19). The number of halogens is 1. The fourth-order valence-electron chi connectivity index (χ4n) is 1.70. The van der Waals surface area contributed by atoms with Gasteiger partial charge in [-0.2, -0.15) is 0 Å². The van der Waals surface area contributed by atoms with Crippen LogP contribution < -0.4 is 10.6 Å². The number of anilines is 1. The van der Waals surface area contributed by atoms with Gasteiger partial charge in [0.15, 0.2) is 0 Å². The van der Waals surface area contributed by atoms with E-state index in [1.165, 1.54) is 0 Å². The van der Waals surface area contributed by atoms with Crippen molar-refractivity contribution in [3.8, 4) is 11.1 Å². The van der Waals surface area contributed by atoms with E-state index in [0.717, 1.165) is 35.1 Å². The second kappa shape index (κ2) is 7.21. The van der Waals surface area contributed by atoms with Crippen LogP contribution in [0.15, 0.2) is 41.1 Å². The first kappa shape index (κ1) is 14.0. The van der Waals surface area contributed by atoms with Gasteiger partial charge in [-0.15, -0.1) is 0 Å². The zero-order valence-electron chi connectivity index (χ0n) is 10.9. The molecule has 19 heavy (non-hydrogen) atoms. The molecular formula is C14H17BrN4. The number of hydrogen-bond acceptors (Lipinski definition) is 4. The van der Waals surface area contributed by atoms with E-state index in [4.69, 9.17) is 0 Å². The van der Waals surface area contributed by atoms with Gasteiger partial charge in [0, 0.05) is 29.0 Å². The van der Waals surface area contributed by atoms with Gasteiger partial charge in [-0.25, -0.2) is 9.97 Å². The van der Waals surface area contributed by atoms with Gasteiger partial charge >= 0.3 is 0 Å². The minimum atomic E-state index is 0.676. The van der Waals surface area contributed by atoms with E-state index in [2.05, 4.69) is 42.6 Å². The maximum absolute atomic E-state index is 4.32. The minimum Gasteiger partial charge on any atom is -0.354 e. The first-order chi connectivity index (χ1) is 9.29. The van der Waals surface area contributed by atoms with Crippen molar-refractivity contribution in [1.29, 1.82) is 0 Å². The van der Waals surface area contributed by atoms with Crippen LogP contribution in [0.3, 0.4) is 0 Å². The highest BCUT2D eigenvalue weighted by Crippen LogP contribution is 2.21. The van der Waals surface area contributed by atoms with E-state index >= 15 is 0 Å². The number of aromatic nitrogens is 2. The summed E-state index contributed by atoms with van der Waals surface area (Å²) in [5, 5.41) is 6.30. The maximum Gasteiger partial charge on any atom is 0.222 e. The van der Waals surface area contributed by atoms with E-state index in [1.807, 2.05) is 37.6 Å². The summed E-state index contributed by atoms with van der Waals surface area (Å²) in [6.45, 7) is 1.86. The zero-order chi connectivity index (χ0) is 13.5. The fraction of sp³-hybridized carbons (Fsp3) is 0.286. The molecule has 0 spiro atoms. The van der Waals surface area contributed by atoms with Crippen LogP contribution in [0.2, 0.25) is 0 Å². The van der Waals surface area contributed by atoms with Gasteiger partial charge in [0.1, 0.15) is 0 Å². The van der Waals surface area contributed by atoms with Crippen LogP contribution >= 0.6 is 15.9 Å². The van der Waals surface area contributed by atoms with Gasteiger partial charge in [-0.3, -0.25) is 0 Å². The van der Waals surface area contributed by atoms with Crippen LogP contribution in [0, 0.1) is 0 Å². The van der Waals surface area contributed by atoms with Crippen molar-refractivity contribution >= 4 is 21.9 Å². The van der Waals surface area contributed by atoms with Gasteiger partial charge in [0.05, 0.1) is 0 Å². The molecular weight excluding hydrogens is 304 g/mol. The summed E-state index contributed by atoms with van der Waals surface area (Å²) >= 11 is 3.46. The highest BCUT2D eigenvalue weighted by molar-refractivity contribution is 9.10. The Morgan fingerprint density at radius 1 is 1.11 bits per heavy atom. The largest absolute Gasteiger partial charge is 0.354 e. The Morgan fingerprint density at radius 2 is 1.89 bits per heavy atom. The van der Waals surface area contributed by atoms with Crippen molar-refractivity contribution in [2.75, 3.05) is 25.5 Å². The molecule has 5 heteroatoms. The van der Waals surface area contributed by atoms with E-state index in [9.17, 15) is 0 Å². The molecule has 0 saturated carbocycles. The summed E-state index contributed by atoms with van der Waals surface area (Å²) in [6.07, 6.45) is 4.73. The van der Waals surface area contributed by atoms with Crippen molar-refractivity contribution in [2.24, 2.45) is 0 Å². The Balaban J connectivity index is 1.98. The molecule has 0 aliphatic carbocycles. The normalized spacial score (nSPS) is 10.4. The molecule has 100 valence electrons. The van der Waals surface area contributed by atoms with E-state index in [-0.39, 0.29) is 0 Å². The van der Waals surface area contributed by atoms with Crippen molar-refractivity contribution in [3.63, 3.8) is 0 Å². The quantitative estimate of drug-likeness (QED) is 0.803. The summed E-state index contributed by atoms with van der Waals surface area (Å²) in [7, 11) is 1.95. The third-order valence-corrected chi connectivity index (χ3v) is 3.19. The number of nitrogens with one attached hydrogen (secondary N) is 2. The van der Waals surface area contributed by atoms with Crippen molar-refractivity contribution in [1.82, 2.24) is 15.3 Å². The first-order valence-electron chi connectivity index (χ1n) is 6.26. The zero-order valence-corrected chi connectivity index (χ0v) is 12.4. The van der Waals surface area contributed by atoms with Crippen LogP contribution in [0.25, 0.3) is 11.1 Å². The van der Waals surface area contributed by atoms with E-state index in [0.29, 0.717) is 5.95 Å². The van der Waals surface area contributed by atoms with Crippen LogP contribution in [-0.2, 0) is 0 Å². The summed E-state index contributed by atoms with van der Waals surface area (Å²) in [5.74, 6) is 0.676. The Labute approximate surface area is 121 Å².